The van der Waals surface area contributed by atoms with Gasteiger partial charge in [0.1, 0.15) is 17.0 Å². The molecule has 0 unspecified atom stereocenters. The second-order valence-corrected chi connectivity index (χ2v) is 13.8. The SMILES string of the molecule is COc1cc(C(=O)NC(C)C)ccc1NC(=O)[C@@H]1N[C@@H](CC(C)(C)C)[C@]2(C#N)c3c(F)cc(Cl)cc3-c3c(Cl)cccc3[C@@H]12. The highest BCUT2D eigenvalue weighted by molar-refractivity contribution is 6.34. The van der Waals surface area contributed by atoms with Gasteiger partial charge in [0.2, 0.25) is 5.91 Å². The van der Waals surface area contributed by atoms with Crippen LogP contribution in [0.1, 0.15) is 68.4 Å². The Kier molecular flexibility index (Phi) is 8.45. The van der Waals surface area contributed by atoms with Crippen LogP contribution in [-0.2, 0) is 10.2 Å². The van der Waals surface area contributed by atoms with Crippen LogP contribution in [0.5, 0.6) is 5.75 Å². The molecule has 3 aromatic carbocycles. The summed E-state index contributed by atoms with van der Waals surface area (Å²) in [6.45, 7) is 9.84. The summed E-state index contributed by atoms with van der Waals surface area (Å²) in [5, 5.41) is 20.8. The molecule has 0 bridgehead atoms. The van der Waals surface area contributed by atoms with E-state index in [1.165, 1.54) is 13.2 Å². The first-order chi connectivity index (χ1) is 20.7. The van der Waals surface area contributed by atoms with Crippen molar-refractivity contribution in [3.05, 3.63) is 81.1 Å². The van der Waals surface area contributed by atoms with Gasteiger partial charge in [-0.05, 0) is 73.2 Å². The molecule has 0 aromatic heterocycles. The van der Waals surface area contributed by atoms with Crippen molar-refractivity contribution in [1.29, 1.82) is 5.26 Å². The van der Waals surface area contributed by atoms with Crippen LogP contribution >= 0.6 is 23.2 Å². The summed E-state index contributed by atoms with van der Waals surface area (Å²) in [7, 11) is 1.45. The van der Waals surface area contributed by atoms with E-state index in [1.807, 2.05) is 40.7 Å². The van der Waals surface area contributed by atoms with E-state index in [2.05, 4.69) is 22.0 Å². The minimum absolute atomic E-state index is 0.0550. The lowest BCUT2D eigenvalue weighted by Gasteiger charge is -2.42. The first-order valence-electron chi connectivity index (χ1n) is 14.5. The Balaban J connectivity index is 1.65. The molecule has 1 heterocycles. The number of nitriles is 1. The highest BCUT2D eigenvalue weighted by atomic mass is 35.5. The first-order valence-corrected chi connectivity index (χ1v) is 15.2. The number of rotatable bonds is 6. The molecule has 0 spiro atoms. The van der Waals surface area contributed by atoms with Crippen molar-refractivity contribution in [2.45, 2.75) is 70.5 Å². The Hall–Kier alpha value is -3.64. The molecule has 10 heteroatoms. The number of fused-ring (bicyclic) bond motifs is 6. The largest absolute Gasteiger partial charge is 0.495 e. The minimum Gasteiger partial charge on any atom is -0.495 e. The van der Waals surface area contributed by atoms with Crippen LogP contribution in [-0.4, -0.2) is 37.0 Å². The van der Waals surface area contributed by atoms with Crippen LogP contribution in [0.15, 0.2) is 48.5 Å². The van der Waals surface area contributed by atoms with Crippen molar-refractivity contribution in [2.24, 2.45) is 5.41 Å². The molecule has 3 aromatic rings. The summed E-state index contributed by atoms with van der Waals surface area (Å²) < 4.78 is 21.7. The summed E-state index contributed by atoms with van der Waals surface area (Å²) in [4.78, 5) is 26.8. The number of anilines is 1. The fourth-order valence-corrected chi connectivity index (χ4v) is 7.20. The van der Waals surface area contributed by atoms with E-state index in [0.29, 0.717) is 45.1 Å². The quantitative estimate of drug-likeness (QED) is 0.265. The van der Waals surface area contributed by atoms with Gasteiger partial charge in [0.25, 0.3) is 5.91 Å². The fraction of sp³-hybridized carbons (Fsp3) is 0.382. The lowest BCUT2D eigenvalue weighted by atomic mass is 9.57. The number of nitrogens with one attached hydrogen (secondary N) is 3. The van der Waals surface area contributed by atoms with Gasteiger partial charge in [0.05, 0.1) is 24.9 Å². The third-order valence-corrected chi connectivity index (χ3v) is 8.83. The van der Waals surface area contributed by atoms with Gasteiger partial charge in [0, 0.05) is 44.7 Å². The minimum atomic E-state index is -1.46. The molecule has 1 aliphatic carbocycles. The maximum atomic E-state index is 16.1. The van der Waals surface area contributed by atoms with Gasteiger partial charge in [-0.15, -0.1) is 0 Å². The highest BCUT2D eigenvalue weighted by Crippen LogP contribution is 2.60. The molecule has 3 N–H and O–H groups in total. The maximum absolute atomic E-state index is 16.1. The summed E-state index contributed by atoms with van der Waals surface area (Å²) >= 11 is 13.1. The van der Waals surface area contributed by atoms with Gasteiger partial charge < -0.3 is 20.7 Å². The zero-order valence-corrected chi connectivity index (χ0v) is 27.0. The number of amides is 2. The zero-order chi connectivity index (χ0) is 32.1. The van der Waals surface area contributed by atoms with E-state index in [4.69, 9.17) is 27.9 Å². The van der Waals surface area contributed by atoms with Crippen LogP contribution in [0.3, 0.4) is 0 Å². The Morgan fingerprint density at radius 1 is 1.16 bits per heavy atom. The van der Waals surface area contributed by atoms with Crippen molar-refractivity contribution in [3.63, 3.8) is 0 Å². The third kappa shape index (κ3) is 5.42. The third-order valence-electron chi connectivity index (χ3n) is 8.30. The predicted octanol–water partition coefficient (Wildman–Crippen LogP) is 7.22. The number of carbonyl (C=O) groups excluding carboxylic acids is 2. The predicted molar refractivity (Wildman–Crippen MR) is 171 cm³/mol. The summed E-state index contributed by atoms with van der Waals surface area (Å²) in [6.07, 6.45) is 0.473. The molecule has 0 saturated carbocycles. The van der Waals surface area contributed by atoms with Gasteiger partial charge in [0.15, 0.2) is 0 Å². The van der Waals surface area contributed by atoms with Crippen LogP contribution in [0.4, 0.5) is 10.1 Å². The highest BCUT2D eigenvalue weighted by Gasteiger charge is 2.63. The van der Waals surface area contributed by atoms with Crippen molar-refractivity contribution in [3.8, 4) is 22.9 Å². The van der Waals surface area contributed by atoms with E-state index in [0.717, 1.165) is 0 Å². The molecule has 2 aliphatic rings. The smallest absolute Gasteiger partial charge is 0.251 e. The number of benzene rings is 3. The van der Waals surface area contributed by atoms with Gasteiger partial charge in [-0.25, -0.2) is 4.39 Å². The molecule has 44 heavy (non-hydrogen) atoms. The van der Waals surface area contributed by atoms with Crippen LogP contribution in [0, 0.1) is 22.6 Å². The van der Waals surface area contributed by atoms with Crippen LogP contribution in [0.25, 0.3) is 11.1 Å². The van der Waals surface area contributed by atoms with Gasteiger partial charge in [-0.1, -0.05) is 56.1 Å². The molecule has 1 fully saturated rings. The Labute approximate surface area is 267 Å². The van der Waals surface area contributed by atoms with E-state index in [-0.39, 0.29) is 28.0 Å². The van der Waals surface area contributed by atoms with Crippen LogP contribution in [0.2, 0.25) is 10.0 Å². The Bertz CT molecular complexity index is 1700. The Morgan fingerprint density at radius 3 is 2.52 bits per heavy atom. The average molecular weight is 638 g/mol. The second-order valence-electron chi connectivity index (χ2n) is 13.0. The number of carbonyl (C=O) groups is 2. The number of ether oxygens (including phenoxy) is 1. The molecule has 4 atom stereocenters. The number of methoxy groups -OCH3 is 1. The molecular formula is C34H35Cl2FN4O3. The number of nitrogens with zero attached hydrogens (tertiary/aromatic N) is 1. The summed E-state index contributed by atoms with van der Waals surface area (Å²) in [6, 6.07) is 13.8. The summed E-state index contributed by atoms with van der Waals surface area (Å²) in [5.41, 5.74) is 0.841. The van der Waals surface area contributed by atoms with E-state index in [9.17, 15) is 14.9 Å². The fourth-order valence-electron chi connectivity index (χ4n) is 6.71. The number of halogens is 3. The normalized spacial score (nSPS) is 22.0. The van der Waals surface area contributed by atoms with Crippen LogP contribution < -0.4 is 20.7 Å². The monoisotopic (exact) mass is 636 g/mol. The maximum Gasteiger partial charge on any atom is 0.251 e. The van der Waals surface area contributed by atoms with Crippen molar-refractivity contribution in [1.82, 2.24) is 10.6 Å². The molecule has 7 nitrogen and oxygen atoms in total. The van der Waals surface area contributed by atoms with E-state index in [1.54, 1.807) is 36.4 Å². The van der Waals surface area contributed by atoms with E-state index < -0.39 is 35.1 Å². The van der Waals surface area contributed by atoms with E-state index >= 15 is 4.39 Å². The first kappa shape index (κ1) is 31.8. The van der Waals surface area contributed by atoms with Gasteiger partial charge >= 0.3 is 0 Å². The topological polar surface area (TPSA) is 103 Å². The molecule has 5 rings (SSSR count). The molecule has 1 aliphatic heterocycles. The van der Waals surface area contributed by atoms with Crippen molar-refractivity contribution in [2.75, 3.05) is 12.4 Å². The second kappa shape index (κ2) is 11.7. The van der Waals surface area contributed by atoms with Gasteiger partial charge in [-0.3, -0.25) is 9.59 Å². The molecule has 0 radical (unpaired) electrons. The lowest BCUT2D eigenvalue weighted by Crippen LogP contribution is -2.46. The standard InChI is InChI=1S/C34H35Cl2FN4O3/c1-17(2)39-31(42)18-10-11-24(25(12-18)44-6)40-32(43)30-29-20-8-7-9-22(36)27(20)21-13-19(35)14-23(37)28(21)34(29,16-38)26(41-30)15-33(3,4)5/h7-14,17,26,29-30,41H,15H2,1-6H3,(H,39,42)(H,40,43)/t26-,29-,30+,34+/m0/s1. The Morgan fingerprint density at radius 2 is 1.89 bits per heavy atom. The molecule has 2 amide bonds. The number of hydrogen-bond acceptors (Lipinski definition) is 5. The lowest BCUT2D eigenvalue weighted by molar-refractivity contribution is -0.118. The molecular weight excluding hydrogens is 602 g/mol. The average Bonchev–Trinajstić information content (AvgIpc) is 3.26. The number of hydrogen-bond donors (Lipinski definition) is 3. The van der Waals surface area contributed by atoms with Gasteiger partial charge in [-0.2, -0.15) is 5.26 Å². The molecule has 1 saturated heterocycles. The van der Waals surface area contributed by atoms with Crippen molar-refractivity contribution >= 4 is 40.7 Å². The summed E-state index contributed by atoms with van der Waals surface area (Å²) in [5.74, 6) is -1.83. The van der Waals surface area contributed by atoms with Crippen molar-refractivity contribution < 1.29 is 18.7 Å². The molecule has 230 valence electrons. The zero-order valence-electron chi connectivity index (χ0n) is 25.4.